The first-order valence-corrected chi connectivity index (χ1v) is 8.05. The van der Waals surface area contributed by atoms with Gasteiger partial charge >= 0.3 is 0 Å². The van der Waals surface area contributed by atoms with Gasteiger partial charge in [0.05, 0.1) is 11.2 Å². The predicted molar refractivity (Wildman–Crippen MR) is 109 cm³/mol. The number of benzene rings is 2. The molecule has 0 amide bonds. The van der Waals surface area contributed by atoms with Crippen LogP contribution in [0.25, 0.3) is 34.2 Å². The Hall–Kier alpha value is -3.44. The maximum atomic E-state index is 11.1. The summed E-state index contributed by atoms with van der Waals surface area (Å²) in [5.41, 5.74) is 4.37. The largest absolute Gasteiger partial charge is 0.464 e. The first-order valence-electron chi connectivity index (χ1n) is 8.05. The first-order chi connectivity index (χ1) is 12.7. The van der Waals surface area contributed by atoms with Crippen molar-refractivity contribution in [1.82, 2.24) is 4.98 Å². The summed E-state index contributed by atoms with van der Waals surface area (Å²) in [5, 5.41) is 12.0. The van der Waals surface area contributed by atoms with Gasteiger partial charge in [0, 0.05) is 35.5 Å². The number of pyridine rings is 1. The third-order valence-corrected chi connectivity index (χ3v) is 4.12. The van der Waals surface area contributed by atoms with Gasteiger partial charge in [0.15, 0.2) is 0 Å². The molecule has 6 heteroatoms. The molecule has 0 saturated carbocycles. The fourth-order valence-electron chi connectivity index (χ4n) is 2.87. The summed E-state index contributed by atoms with van der Waals surface area (Å²) >= 11 is 0. The van der Waals surface area contributed by atoms with E-state index in [0.717, 1.165) is 27.6 Å². The van der Waals surface area contributed by atoms with Crippen LogP contribution in [-0.2, 0) is 0 Å². The Labute approximate surface area is 161 Å². The highest BCUT2D eigenvalue weighted by atomic mass is 35.5. The molecule has 0 aliphatic heterocycles. The van der Waals surface area contributed by atoms with Crippen LogP contribution < -0.4 is 0 Å². The van der Waals surface area contributed by atoms with Crippen molar-refractivity contribution in [2.75, 3.05) is 0 Å². The normalized spacial score (nSPS) is 10.8. The maximum absolute atomic E-state index is 11.1. The van der Waals surface area contributed by atoms with Gasteiger partial charge in [0.2, 0.25) is 0 Å². The Morgan fingerprint density at radius 3 is 2.52 bits per heavy atom. The van der Waals surface area contributed by atoms with E-state index in [0.29, 0.717) is 5.58 Å². The molecule has 2 heterocycles. The lowest BCUT2D eigenvalue weighted by Crippen LogP contribution is -1.88. The number of hydrogen-bond acceptors (Lipinski definition) is 4. The topological polar surface area (TPSA) is 69.2 Å². The average Bonchev–Trinajstić information content (AvgIpc) is 3.15. The van der Waals surface area contributed by atoms with Crippen molar-refractivity contribution in [3.63, 3.8) is 0 Å². The van der Waals surface area contributed by atoms with Crippen LogP contribution in [0.15, 0.2) is 77.7 Å². The maximum Gasteiger partial charge on any atom is 0.270 e. The van der Waals surface area contributed by atoms with Gasteiger partial charge in [-0.05, 0) is 47.0 Å². The molecule has 0 aliphatic rings. The Balaban J connectivity index is 0.00000210. The van der Waals surface area contributed by atoms with Crippen LogP contribution in [0, 0.1) is 10.1 Å². The van der Waals surface area contributed by atoms with Gasteiger partial charge < -0.3 is 4.42 Å². The van der Waals surface area contributed by atoms with Crippen molar-refractivity contribution in [3.05, 3.63) is 94.5 Å². The molecule has 2 aromatic heterocycles. The molecule has 2 aromatic carbocycles. The molecule has 0 bridgehead atoms. The van der Waals surface area contributed by atoms with Gasteiger partial charge in [-0.3, -0.25) is 15.1 Å². The van der Waals surface area contributed by atoms with Gasteiger partial charge in [-0.15, -0.1) is 12.4 Å². The number of rotatable bonds is 4. The van der Waals surface area contributed by atoms with E-state index in [1.54, 1.807) is 30.8 Å². The number of halogens is 1. The molecule has 0 saturated heterocycles. The van der Waals surface area contributed by atoms with E-state index < -0.39 is 4.92 Å². The van der Waals surface area contributed by atoms with Crippen LogP contribution in [0.4, 0.5) is 5.69 Å². The average molecular weight is 379 g/mol. The van der Waals surface area contributed by atoms with E-state index in [4.69, 9.17) is 4.42 Å². The summed E-state index contributed by atoms with van der Waals surface area (Å²) in [6, 6.07) is 16.3. The molecule has 4 aromatic rings. The van der Waals surface area contributed by atoms with Crippen molar-refractivity contribution >= 4 is 41.2 Å². The molecule has 0 spiro atoms. The Bertz CT molecular complexity index is 1120. The van der Waals surface area contributed by atoms with Gasteiger partial charge in [-0.2, -0.15) is 0 Å². The standard InChI is InChI=1S/C21H14N2O3.ClH/c24-23(25)19-3-1-2-17(14-19)20-13-16(12-18-8-11-26-21(18)20)5-4-15-6-9-22-10-7-15;/h1-14H;1H. The van der Waals surface area contributed by atoms with Crippen LogP contribution in [-0.4, -0.2) is 9.91 Å². The molecule has 0 atom stereocenters. The minimum Gasteiger partial charge on any atom is -0.464 e. The number of non-ortho nitro benzene ring substituents is 1. The highest BCUT2D eigenvalue weighted by Crippen LogP contribution is 2.33. The van der Waals surface area contributed by atoms with Crippen molar-refractivity contribution < 1.29 is 9.34 Å². The second kappa shape index (κ2) is 7.85. The summed E-state index contributed by atoms with van der Waals surface area (Å²) in [5.74, 6) is 0. The number of fused-ring (bicyclic) bond motifs is 1. The van der Waals surface area contributed by atoms with Crippen molar-refractivity contribution in [1.29, 1.82) is 0 Å². The number of nitro benzene ring substituents is 1. The minimum atomic E-state index is -0.393. The number of nitrogens with zero attached hydrogens (tertiary/aromatic N) is 2. The second-order valence-electron chi connectivity index (χ2n) is 5.83. The molecule has 0 N–H and O–H groups in total. The molecule has 0 radical (unpaired) electrons. The van der Waals surface area contributed by atoms with Gasteiger partial charge in [0.1, 0.15) is 5.58 Å². The van der Waals surface area contributed by atoms with Crippen LogP contribution in [0.5, 0.6) is 0 Å². The molecule has 27 heavy (non-hydrogen) atoms. The van der Waals surface area contributed by atoms with E-state index in [-0.39, 0.29) is 18.1 Å². The molecule has 0 aliphatic carbocycles. The summed E-state index contributed by atoms with van der Waals surface area (Å²) in [4.78, 5) is 14.7. The van der Waals surface area contributed by atoms with Gasteiger partial charge in [0.25, 0.3) is 5.69 Å². The fourth-order valence-corrected chi connectivity index (χ4v) is 2.87. The molecule has 134 valence electrons. The second-order valence-corrected chi connectivity index (χ2v) is 5.83. The van der Waals surface area contributed by atoms with E-state index >= 15 is 0 Å². The number of furan rings is 1. The van der Waals surface area contributed by atoms with Crippen molar-refractivity contribution in [2.24, 2.45) is 0 Å². The van der Waals surface area contributed by atoms with Crippen LogP contribution in [0.3, 0.4) is 0 Å². The van der Waals surface area contributed by atoms with E-state index in [2.05, 4.69) is 4.98 Å². The third-order valence-electron chi connectivity index (χ3n) is 4.12. The summed E-state index contributed by atoms with van der Waals surface area (Å²) in [7, 11) is 0. The Morgan fingerprint density at radius 2 is 1.74 bits per heavy atom. The smallest absolute Gasteiger partial charge is 0.270 e. The van der Waals surface area contributed by atoms with E-state index in [1.807, 2.05) is 48.6 Å². The van der Waals surface area contributed by atoms with Crippen molar-refractivity contribution in [2.45, 2.75) is 0 Å². The molecule has 0 fully saturated rings. The predicted octanol–water partition coefficient (Wildman–Crippen LogP) is 6.00. The zero-order valence-electron chi connectivity index (χ0n) is 14.1. The summed E-state index contributed by atoms with van der Waals surface area (Å²) in [6.07, 6.45) is 9.12. The van der Waals surface area contributed by atoms with Crippen molar-refractivity contribution in [3.8, 4) is 11.1 Å². The van der Waals surface area contributed by atoms with Gasteiger partial charge in [-0.25, -0.2) is 0 Å². The fraction of sp³-hybridized carbons (Fsp3) is 0. The lowest BCUT2D eigenvalue weighted by atomic mass is 9.99. The SMILES string of the molecule is Cl.O=[N+]([O-])c1cccc(-c2cc(C=Cc3ccncc3)cc3ccoc23)c1. The van der Waals surface area contributed by atoms with Crippen LogP contribution in [0.2, 0.25) is 0 Å². The summed E-state index contributed by atoms with van der Waals surface area (Å²) in [6.45, 7) is 0. The molecular formula is C21H15ClN2O3. The van der Waals surface area contributed by atoms with Crippen LogP contribution in [0.1, 0.15) is 11.1 Å². The summed E-state index contributed by atoms with van der Waals surface area (Å²) < 4.78 is 5.62. The van der Waals surface area contributed by atoms with Gasteiger partial charge in [-0.1, -0.05) is 24.3 Å². The zero-order valence-corrected chi connectivity index (χ0v) is 14.9. The van der Waals surface area contributed by atoms with E-state index in [1.165, 1.54) is 6.07 Å². The highest BCUT2D eigenvalue weighted by molar-refractivity contribution is 5.95. The molecule has 4 rings (SSSR count). The molecular weight excluding hydrogens is 364 g/mol. The third kappa shape index (κ3) is 3.88. The minimum absolute atomic E-state index is 0. The number of aromatic nitrogens is 1. The molecule has 5 nitrogen and oxygen atoms in total. The first kappa shape index (κ1) is 18.4. The molecule has 0 unspecified atom stereocenters. The van der Waals surface area contributed by atoms with E-state index in [9.17, 15) is 10.1 Å². The zero-order chi connectivity index (χ0) is 17.9. The monoisotopic (exact) mass is 378 g/mol. The Morgan fingerprint density at radius 1 is 0.963 bits per heavy atom. The quantitative estimate of drug-likeness (QED) is 0.323. The number of nitro groups is 1. The number of hydrogen-bond donors (Lipinski definition) is 0. The Kier molecular flexibility index (Phi) is 5.33. The lowest BCUT2D eigenvalue weighted by molar-refractivity contribution is -0.384. The highest BCUT2D eigenvalue weighted by Gasteiger charge is 2.12. The lowest BCUT2D eigenvalue weighted by Gasteiger charge is -2.05. The van der Waals surface area contributed by atoms with Crippen LogP contribution >= 0.6 is 12.4 Å².